The van der Waals surface area contributed by atoms with Crippen LogP contribution in [0.15, 0.2) is 55.2 Å². The largest absolute Gasteiger partial charge is 0.491 e. The molecule has 39 heavy (non-hydrogen) atoms. The number of nitrogens with one attached hydrogen (secondary N) is 2. The molecule has 3 aromatic rings. The Morgan fingerprint density at radius 2 is 2.05 bits per heavy atom. The van der Waals surface area contributed by atoms with Gasteiger partial charge >= 0.3 is 0 Å². The number of carbonyl (C=O) groups is 3. The lowest BCUT2D eigenvalue weighted by molar-refractivity contribution is -0.122. The van der Waals surface area contributed by atoms with Gasteiger partial charge in [0.15, 0.2) is 0 Å². The Bertz CT molecular complexity index is 1280. The summed E-state index contributed by atoms with van der Waals surface area (Å²) in [7, 11) is 0. The number of halogens is 1. The standard InChI is InChI=1S/C28H33ClN6O4/c1-19(2)13-22-17-39-24-7-6-21(29)14-23(24)27(37)31-9-3-4-11-34(16-26(36)33-22)28(38)20-5-8-25(32-15-20)35-12-10-30-18-35/h5-8,10,12,14-15,18-19,22H,3-4,9,11,13,16-17H2,1-2H3,(H,31,37)(H,33,36)/t22-/m1/s1. The number of hydrogen-bond acceptors (Lipinski definition) is 6. The van der Waals surface area contributed by atoms with Crippen LogP contribution in [0.2, 0.25) is 5.02 Å². The van der Waals surface area contributed by atoms with Crippen LogP contribution in [-0.2, 0) is 4.79 Å². The number of benzene rings is 1. The number of carbonyl (C=O) groups excluding carboxylic acids is 3. The molecule has 206 valence electrons. The molecule has 2 aromatic heterocycles. The second-order valence-corrected chi connectivity index (χ2v) is 10.3. The van der Waals surface area contributed by atoms with Crippen LogP contribution in [0.4, 0.5) is 0 Å². The van der Waals surface area contributed by atoms with E-state index in [0.717, 1.165) is 0 Å². The summed E-state index contributed by atoms with van der Waals surface area (Å²) in [6.45, 7) is 4.92. The molecule has 0 fully saturated rings. The van der Waals surface area contributed by atoms with E-state index in [1.807, 2.05) is 0 Å². The average Bonchev–Trinajstić information content (AvgIpc) is 3.45. The first-order valence-corrected chi connectivity index (χ1v) is 13.4. The van der Waals surface area contributed by atoms with Crippen molar-refractivity contribution in [1.29, 1.82) is 0 Å². The minimum atomic E-state index is -0.317. The maximum Gasteiger partial charge on any atom is 0.255 e. The number of amides is 3. The fraction of sp³-hybridized carbons (Fsp3) is 0.393. The van der Waals surface area contributed by atoms with E-state index in [2.05, 4.69) is 34.4 Å². The van der Waals surface area contributed by atoms with Crippen LogP contribution in [-0.4, -0.2) is 69.4 Å². The quantitative estimate of drug-likeness (QED) is 0.511. The number of imidazole rings is 1. The molecule has 0 saturated heterocycles. The summed E-state index contributed by atoms with van der Waals surface area (Å²) in [4.78, 5) is 49.3. The van der Waals surface area contributed by atoms with Crippen molar-refractivity contribution in [3.63, 3.8) is 0 Å². The van der Waals surface area contributed by atoms with Crippen molar-refractivity contribution in [3.8, 4) is 11.6 Å². The highest BCUT2D eigenvalue weighted by Gasteiger charge is 2.23. The summed E-state index contributed by atoms with van der Waals surface area (Å²) in [6, 6.07) is 8.01. The van der Waals surface area contributed by atoms with Gasteiger partial charge in [-0.3, -0.25) is 19.0 Å². The third-order valence-electron chi connectivity index (χ3n) is 6.27. The highest BCUT2D eigenvalue weighted by atomic mass is 35.5. The van der Waals surface area contributed by atoms with Gasteiger partial charge in [-0.25, -0.2) is 9.97 Å². The number of hydrogen-bond donors (Lipinski definition) is 2. The molecule has 3 amide bonds. The summed E-state index contributed by atoms with van der Waals surface area (Å²) < 4.78 is 7.75. The van der Waals surface area contributed by atoms with Crippen LogP contribution in [0.1, 0.15) is 53.8 Å². The molecule has 2 N–H and O–H groups in total. The molecule has 1 aliphatic heterocycles. The normalized spacial score (nSPS) is 17.3. The minimum absolute atomic E-state index is 0.102. The molecule has 0 saturated carbocycles. The van der Waals surface area contributed by atoms with Gasteiger partial charge < -0.3 is 20.3 Å². The molecule has 0 spiro atoms. The van der Waals surface area contributed by atoms with Crippen LogP contribution >= 0.6 is 11.6 Å². The molecular formula is C28H33ClN6O4. The van der Waals surface area contributed by atoms with Crippen molar-refractivity contribution in [3.05, 3.63) is 71.4 Å². The second kappa shape index (κ2) is 13.2. The van der Waals surface area contributed by atoms with Crippen LogP contribution in [0.5, 0.6) is 5.75 Å². The highest BCUT2D eigenvalue weighted by molar-refractivity contribution is 6.31. The van der Waals surface area contributed by atoms with E-state index in [0.29, 0.717) is 60.1 Å². The third kappa shape index (κ3) is 7.79. The Morgan fingerprint density at radius 3 is 2.77 bits per heavy atom. The Hall–Kier alpha value is -3.92. The first kappa shape index (κ1) is 28.1. The molecular weight excluding hydrogens is 520 g/mol. The van der Waals surface area contributed by atoms with E-state index in [1.165, 1.54) is 11.1 Å². The van der Waals surface area contributed by atoms with Gasteiger partial charge in [0.1, 0.15) is 24.5 Å². The summed E-state index contributed by atoms with van der Waals surface area (Å²) >= 11 is 6.15. The number of ether oxygens (including phenoxy) is 1. The number of nitrogens with zero attached hydrogens (tertiary/aromatic N) is 4. The molecule has 1 atom stereocenters. The molecule has 10 nitrogen and oxygen atoms in total. The maximum absolute atomic E-state index is 13.4. The smallest absolute Gasteiger partial charge is 0.255 e. The molecule has 0 bridgehead atoms. The highest BCUT2D eigenvalue weighted by Crippen LogP contribution is 2.24. The van der Waals surface area contributed by atoms with Gasteiger partial charge in [0.25, 0.3) is 11.8 Å². The molecule has 3 heterocycles. The van der Waals surface area contributed by atoms with Crippen molar-refractivity contribution < 1.29 is 19.1 Å². The van der Waals surface area contributed by atoms with Gasteiger partial charge in [-0.1, -0.05) is 25.4 Å². The topological polar surface area (TPSA) is 118 Å². The van der Waals surface area contributed by atoms with Crippen LogP contribution in [0.25, 0.3) is 5.82 Å². The van der Waals surface area contributed by atoms with Gasteiger partial charge in [-0.15, -0.1) is 0 Å². The predicted octanol–water partition coefficient (Wildman–Crippen LogP) is 3.50. The molecule has 0 radical (unpaired) electrons. The van der Waals surface area contributed by atoms with Crippen molar-refractivity contribution >= 4 is 29.3 Å². The van der Waals surface area contributed by atoms with Crippen molar-refractivity contribution in [1.82, 2.24) is 30.1 Å². The number of fused-ring (bicyclic) bond motifs is 1. The lowest BCUT2D eigenvalue weighted by Crippen LogP contribution is -2.46. The van der Waals surface area contributed by atoms with Crippen LogP contribution in [0, 0.1) is 5.92 Å². The lowest BCUT2D eigenvalue weighted by atomic mass is 10.0. The Balaban J connectivity index is 1.52. The zero-order chi connectivity index (χ0) is 27.8. The van der Waals surface area contributed by atoms with Gasteiger partial charge in [0.2, 0.25) is 5.91 Å². The summed E-state index contributed by atoms with van der Waals surface area (Å²) in [5, 5.41) is 6.36. The molecule has 1 aromatic carbocycles. The van der Waals surface area contributed by atoms with E-state index in [4.69, 9.17) is 16.3 Å². The molecule has 11 heteroatoms. The number of pyridine rings is 1. The maximum atomic E-state index is 13.4. The van der Waals surface area contributed by atoms with E-state index in [1.54, 1.807) is 53.6 Å². The zero-order valence-corrected chi connectivity index (χ0v) is 22.9. The average molecular weight is 553 g/mol. The van der Waals surface area contributed by atoms with Gasteiger partial charge in [-0.2, -0.15) is 0 Å². The van der Waals surface area contributed by atoms with Crippen LogP contribution in [0.3, 0.4) is 0 Å². The molecule has 0 aliphatic carbocycles. The predicted molar refractivity (Wildman–Crippen MR) is 147 cm³/mol. The SMILES string of the molecule is CC(C)C[C@@H]1COc2ccc(Cl)cc2C(=O)NCCCCN(C(=O)c2ccc(-n3ccnc3)nc2)CC(=O)N1. The van der Waals surface area contributed by atoms with Gasteiger partial charge in [0.05, 0.1) is 23.7 Å². The Labute approximate surface area is 232 Å². The van der Waals surface area contributed by atoms with E-state index < -0.39 is 0 Å². The zero-order valence-electron chi connectivity index (χ0n) is 22.1. The van der Waals surface area contributed by atoms with Crippen molar-refractivity contribution in [2.45, 2.75) is 39.2 Å². The van der Waals surface area contributed by atoms with Crippen molar-refractivity contribution in [2.24, 2.45) is 5.92 Å². The first-order chi connectivity index (χ1) is 18.8. The van der Waals surface area contributed by atoms with E-state index >= 15 is 0 Å². The summed E-state index contributed by atoms with van der Waals surface area (Å²) in [6.07, 6.45) is 8.41. The van der Waals surface area contributed by atoms with Crippen LogP contribution < -0.4 is 15.4 Å². The lowest BCUT2D eigenvalue weighted by Gasteiger charge is -2.25. The first-order valence-electron chi connectivity index (χ1n) is 13.0. The van der Waals surface area contributed by atoms with Crippen molar-refractivity contribution in [2.75, 3.05) is 26.2 Å². The summed E-state index contributed by atoms with van der Waals surface area (Å²) in [5.41, 5.74) is 0.725. The number of rotatable bonds is 4. The van der Waals surface area contributed by atoms with E-state index in [-0.39, 0.29) is 42.8 Å². The Kier molecular flexibility index (Phi) is 9.54. The third-order valence-corrected chi connectivity index (χ3v) is 6.51. The minimum Gasteiger partial charge on any atom is -0.491 e. The molecule has 0 unspecified atom stereocenters. The fourth-order valence-electron chi connectivity index (χ4n) is 4.40. The second-order valence-electron chi connectivity index (χ2n) is 9.91. The fourth-order valence-corrected chi connectivity index (χ4v) is 4.57. The van der Waals surface area contributed by atoms with E-state index in [9.17, 15) is 14.4 Å². The number of aromatic nitrogens is 3. The monoisotopic (exact) mass is 552 g/mol. The molecule has 4 rings (SSSR count). The Morgan fingerprint density at radius 1 is 1.21 bits per heavy atom. The van der Waals surface area contributed by atoms with Gasteiger partial charge in [0, 0.05) is 36.7 Å². The van der Waals surface area contributed by atoms with Gasteiger partial charge in [-0.05, 0) is 55.5 Å². The molecule has 1 aliphatic rings. The summed E-state index contributed by atoms with van der Waals surface area (Å²) in [5.74, 6) is 0.463.